The number of aryl methyl sites for hydroxylation is 2. The van der Waals surface area contributed by atoms with Gasteiger partial charge in [0, 0.05) is 35.0 Å². The number of pyridine rings is 1. The summed E-state index contributed by atoms with van der Waals surface area (Å²) in [4.78, 5) is 14.3. The van der Waals surface area contributed by atoms with Crippen LogP contribution in [0.3, 0.4) is 0 Å². The summed E-state index contributed by atoms with van der Waals surface area (Å²) in [5.74, 6) is -1.21. The Morgan fingerprint density at radius 1 is 1.00 bits per heavy atom. The fourth-order valence-corrected chi connectivity index (χ4v) is 4.99. The minimum atomic E-state index is -0.665. The first-order chi connectivity index (χ1) is 16.9. The summed E-state index contributed by atoms with van der Waals surface area (Å²) in [5.41, 5.74) is 5.25. The molecule has 0 spiro atoms. The van der Waals surface area contributed by atoms with Gasteiger partial charge in [-0.2, -0.15) is 5.10 Å². The average molecular weight is 476 g/mol. The van der Waals surface area contributed by atoms with Gasteiger partial charge in [0.2, 0.25) is 0 Å². The van der Waals surface area contributed by atoms with Gasteiger partial charge in [-0.05, 0) is 64.7 Å². The van der Waals surface area contributed by atoms with Gasteiger partial charge in [0.15, 0.2) is 0 Å². The van der Waals surface area contributed by atoms with Crippen molar-refractivity contribution in [1.82, 2.24) is 24.7 Å². The van der Waals surface area contributed by atoms with E-state index in [1.165, 1.54) is 25.0 Å². The monoisotopic (exact) mass is 475 g/mol. The molecule has 4 heterocycles. The highest BCUT2D eigenvalue weighted by molar-refractivity contribution is 5.89. The number of rotatable bonds is 4. The average Bonchev–Trinajstić information content (AvgIpc) is 3.55. The first kappa shape index (κ1) is 22.2. The molecule has 4 aromatic rings. The molecule has 8 heteroatoms. The molecule has 0 bridgehead atoms. The highest BCUT2D eigenvalue weighted by Gasteiger charge is 2.33. The number of hydrogen-bond acceptors (Lipinski definition) is 5. The van der Waals surface area contributed by atoms with Crippen molar-refractivity contribution in [2.24, 2.45) is 0 Å². The van der Waals surface area contributed by atoms with Crippen LogP contribution >= 0.6 is 0 Å². The van der Waals surface area contributed by atoms with E-state index in [0.717, 1.165) is 41.6 Å². The highest BCUT2D eigenvalue weighted by atomic mass is 19.1. The molecule has 3 atom stereocenters. The van der Waals surface area contributed by atoms with Crippen LogP contribution in [0.25, 0.3) is 22.3 Å². The van der Waals surface area contributed by atoms with Gasteiger partial charge in [-0.3, -0.25) is 4.68 Å². The van der Waals surface area contributed by atoms with E-state index in [2.05, 4.69) is 23.2 Å². The Morgan fingerprint density at radius 2 is 1.80 bits per heavy atom. The van der Waals surface area contributed by atoms with Crippen LogP contribution in [0.1, 0.15) is 73.3 Å². The molecule has 3 aromatic heterocycles. The summed E-state index contributed by atoms with van der Waals surface area (Å²) in [6.45, 7) is 5.84. The summed E-state index contributed by atoms with van der Waals surface area (Å²) in [6.07, 6.45) is 7.82. The summed E-state index contributed by atoms with van der Waals surface area (Å²) in [5, 5.41) is 4.54. The van der Waals surface area contributed by atoms with Crippen molar-refractivity contribution in [2.45, 2.75) is 70.6 Å². The molecule has 2 aliphatic rings. The molecule has 1 saturated heterocycles. The van der Waals surface area contributed by atoms with E-state index >= 15 is 0 Å². The first-order valence-corrected chi connectivity index (χ1v) is 12.2. The fraction of sp³-hybridized carbons (Fsp3) is 0.407. The molecule has 1 aliphatic heterocycles. The lowest BCUT2D eigenvalue weighted by atomic mass is 9.87. The number of ether oxygens (including phenoxy) is 1. The molecule has 6 rings (SSSR count). The minimum absolute atomic E-state index is 0.0253. The first-order valence-electron chi connectivity index (χ1n) is 12.2. The largest absolute Gasteiger partial charge is 0.370 e. The van der Waals surface area contributed by atoms with E-state index in [0.29, 0.717) is 22.8 Å². The quantitative estimate of drug-likeness (QED) is 0.355. The molecule has 1 saturated carbocycles. The van der Waals surface area contributed by atoms with E-state index in [9.17, 15) is 8.78 Å². The maximum atomic E-state index is 14.9. The van der Waals surface area contributed by atoms with Crippen LogP contribution < -0.4 is 0 Å². The second-order valence-corrected chi connectivity index (χ2v) is 9.87. The van der Waals surface area contributed by atoms with E-state index in [1.807, 2.05) is 30.8 Å². The topological polar surface area (TPSA) is 65.7 Å². The lowest BCUT2D eigenvalue weighted by Gasteiger charge is -2.33. The fourth-order valence-electron chi connectivity index (χ4n) is 4.99. The van der Waals surface area contributed by atoms with Crippen LogP contribution in [-0.4, -0.2) is 30.8 Å². The molecular formula is C27H27F2N5O. The standard InChI is InChI=1S/C27H27F2N5O/c1-14-8-17(9-25(35-14)18-12-30-34(13-18)20-5-6-20)23-11-24-27(32-16(3)15(2)31-24)26(33-23)21-7-4-19(28)10-22(21)29/h4,7,10-14,17,20,25H,5-6,8-9H2,1-3H3/t14-,17-,25+/m1/s1. The molecule has 1 aliphatic carbocycles. The number of nitrogens with zero attached hydrogens (tertiary/aromatic N) is 5. The van der Waals surface area contributed by atoms with E-state index < -0.39 is 11.6 Å². The van der Waals surface area contributed by atoms with Gasteiger partial charge in [0.1, 0.15) is 22.8 Å². The third-order valence-electron chi connectivity index (χ3n) is 7.11. The van der Waals surface area contributed by atoms with E-state index in [-0.39, 0.29) is 23.7 Å². The van der Waals surface area contributed by atoms with Crippen LogP contribution in [0, 0.1) is 25.5 Å². The summed E-state index contributed by atoms with van der Waals surface area (Å²) in [6, 6.07) is 6.04. The Bertz CT molecular complexity index is 1430. The number of benzene rings is 1. The Morgan fingerprint density at radius 3 is 2.57 bits per heavy atom. The Hall–Kier alpha value is -3.26. The molecule has 0 amide bonds. The van der Waals surface area contributed by atoms with Gasteiger partial charge in [0.05, 0.1) is 41.4 Å². The summed E-state index contributed by atoms with van der Waals surface area (Å²) >= 11 is 0. The van der Waals surface area contributed by atoms with Crippen molar-refractivity contribution in [3.05, 3.63) is 70.9 Å². The predicted molar refractivity (Wildman–Crippen MR) is 128 cm³/mol. The molecule has 6 nitrogen and oxygen atoms in total. The number of fused-ring (bicyclic) bond motifs is 1. The molecule has 0 N–H and O–H groups in total. The third-order valence-corrected chi connectivity index (χ3v) is 7.11. The van der Waals surface area contributed by atoms with Gasteiger partial charge < -0.3 is 4.74 Å². The Kier molecular flexibility index (Phi) is 5.36. The molecule has 180 valence electrons. The van der Waals surface area contributed by atoms with E-state index in [1.54, 1.807) is 0 Å². The zero-order chi connectivity index (χ0) is 24.3. The maximum Gasteiger partial charge on any atom is 0.135 e. The van der Waals surface area contributed by atoms with Crippen LogP contribution in [-0.2, 0) is 4.74 Å². The van der Waals surface area contributed by atoms with Crippen LogP contribution in [0.2, 0.25) is 0 Å². The van der Waals surface area contributed by atoms with Crippen LogP contribution in [0.4, 0.5) is 8.78 Å². The van der Waals surface area contributed by atoms with Crippen LogP contribution in [0.5, 0.6) is 0 Å². The highest BCUT2D eigenvalue weighted by Crippen LogP contribution is 2.42. The van der Waals surface area contributed by atoms with Gasteiger partial charge >= 0.3 is 0 Å². The van der Waals surface area contributed by atoms with Gasteiger partial charge in [-0.1, -0.05) is 0 Å². The van der Waals surface area contributed by atoms with Gasteiger partial charge in [-0.15, -0.1) is 0 Å². The lowest BCUT2D eigenvalue weighted by molar-refractivity contribution is -0.0506. The van der Waals surface area contributed by atoms with Crippen molar-refractivity contribution in [3.8, 4) is 11.3 Å². The maximum absolute atomic E-state index is 14.9. The second kappa shape index (κ2) is 8.45. The molecule has 35 heavy (non-hydrogen) atoms. The smallest absolute Gasteiger partial charge is 0.135 e. The SMILES string of the molecule is Cc1nc2cc([C@@H]3C[C@@H](C)O[C@H](c4cnn(C5CC5)c4)C3)nc(-c3ccc(F)cc3F)c2nc1C. The van der Waals surface area contributed by atoms with Gasteiger partial charge in [0.25, 0.3) is 0 Å². The predicted octanol–water partition coefficient (Wildman–Crippen LogP) is 6.14. The van der Waals surface area contributed by atoms with Gasteiger partial charge in [-0.25, -0.2) is 23.7 Å². The molecule has 1 aromatic carbocycles. The van der Waals surface area contributed by atoms with Crippen molar-refractivity contribution in [3.63, 3.8) is 0 Å². The molecule has 0 unspecified atom stereocenters. The summed E-state index contributed by atoms with van der Waals surface area (Å²) < 4.78 is 36.9. The van der Waals surface area contributed by atoms with E-state index in [4.69, 9.17) is 14.7 Å². The third kappa shape index (κ3) is 4.20. The number of aromatic nitrogens is 5. The van der Waals surface area contributed by atoms with Crippen molar-refractivity contribution in [1.29, 1.82) is 0 Å². The normalized spacial score (nSPS) is 22.6. The number of hydrogen-bond donors (Lipinski definition) is 0. The number of halogens is 2. The Labute approximate surface area is 202 Å². The second-order valence-electron chi connectivity index (χ2n) is 9.87. The summed E-state index contributed by atoms with van der Waals surface area (Å²) in [7, 11) is 0. The zero-order valence-electron chi connectivity index (χ0n) is 20.0. The Balaban J connectivity index is 1.43. The minimum Gasteiger partial charge on any atom is -0.370 e. The molecular weight excluding hydrogens is 448 g/mol. The lowest BCUT2D eigenvalue weighted by Crippen LogP contribution is -2.25. The zero-order valence-corrected chi connectivity index (χ0v) is 20.0. The van der Waals surface area contributed by atoms with Crippen LogP contribution in [0.15, 0.2) is 36.7 Å². The van der Waals surface area contributed by atoms with Crippen molar-refractivity contribution < 1.29 is 13.5 Å². The van der Waals surface area contributed by atoms with Crippen molar-refractivity contribution in [2.75, 3.05) is 0 Å². The molecule has 2 fully saturated rings. The van der Waals surface area contributed by atoms with Crippen molar-refractivity contribution >= 4 is 11.0 Å². The molecule has 0 radical (unpaired) electrons.